The predicted molar refractivity (Wildman–Crippen MR) is 65.3 cm³/mol. The van der Waals surface area contributed by atoms with E-state index in [9.17, 15) is 13.2 Å². The Kier molecular flexibility index (Phi) is 3.52. The van der Waals surface area contributed by atoms with E-state index in [2.05, 4.69) is 5.32 Å². The lowest BCUT2D eigenvalue weighted by Crippen LogP contribution is -2.42. The Morgan fingerprint density at radius 1 is 1.11 bits per heavy atom. The first-order valence-electron chi connectivity index (χ1n) is 6.11. The molecule has 0 aliphatic heterocycles. The molecule has 1 aliphatic rings. The lowest BCUT2D eigenvalue weighted by molar-refractivity contribution is -0.137. The van der Waals surface area contributed by atoms with Crippen LogP contribution in [0.2, 0.25) is 0 Å². The third-order valence-corrected chi connectivity index (χ3v) is 3.57. The molecule has 0 spiro atoms. The van der Waals surface area contributed by atoms with Gasteiger partial charge in [-0.05, 0) is 37.1 Å². The first-order valence-corrected chi connectivity index (χ1v) is 6.11. The summed E-state index contributed by atoms with van der Waals surface area (Å²) in [5.41, 5.74) is 5.71. The third kappa shape index (κ3) is 2.77. The highest BCUT2D eigenvalue weighted by molar-refractivity contribution is 5.47. The molecule has 0 heterocycles. The lowest BCUT2D eigenvalue weighted by Gasteiger charge is -2.30. The average Bonchev–Trinajstić information content (AvgIpc) is 2.78. The molecule has 2 rings (SSSR count). The standard InChI is InChI=1S/C13H17F3N2/c14-13(15,16)10-3-5-11(6-4-10)18-12(9-17)7-1-2-8-12/h3-6,18H,1-2,7-9,17H2. The Bertz CT molecular complexity index is 392. The van der Waals surface area contributed by atoms with Crippen LogP contribution >= 0.6 is 0 Å². The zero-order valence-corrected chi connectivity index (χ0v) is 10.1. The summed E-state index contributed by atoms with van der Waals surface area (Å²) in [6.45, 7) is 0.508. The first kappa shape index (κ1) is 13.2. The van der Waals surface area contributed by atoms with Gasteiger partial charge in [0.25, 0.3) is 0 Å². The summed E-state index contributed by atoms with van der Waals surface area (Å²) in [4.78, 5) is 0. The molecule has 0 amide bonds. The van der Waals surface area contributed by atoms with Crippen molar-refractivity contribution in [2.75, 3.05) is 11.9 Å². The maximum Gasteiger partial charge on any atom is 0.416 e. The molecule has 0 bridgehead atoms. The van der Waals surface area contributed by atoms with E-state index in [0.717, 1.165) is 37.8 Å². The van der Waals surface area contributed by atoms with E-state index in [1.54, 1.807) is 0 Å². The van der Waals surface area contributed by atoms with Crippen molar-refractivity contribution < 1.29 is 13.2 Å². The molecular formula is C13H17F3N2. The minimum Gasteiger partial charge on any atom is -0.378 e. The molecule has 100 valence electrons. The Balaban J connectivity index is 2.11. The summed E-state index contributed by atoms with van der Waals surface area (Å²) in [5.74, 6) is 0. The van der Waals surface area contributed by atoms with E-state index in [0.29, 0.717) is 12.2 Å². The van der Waals surface area contributed by atoms with Crippen molar-refractivity contribution in [3.63, 3.8) is 0 Å². The van der Waals surface area contributed by atoms with Crippen LogP contribution in [0.4, 0.5) is 18.9 Å². The normalized spacial score (nSPS) is 18.9. The van der Waals surface area contributed by atoms with Gasteiger partial charge in [-0.25, -0.2) is 0 Å². The van der Waals surface area contributed by atoms with Crippen LogP contribution in [-0.4, -0.2) is 12.1 Å². The van der Waals surface area contributed by atoms with Crippen molar-refractivity contribution >= 4 is 5.69 Å². The van der Waals surface area contributed by atoms with E-state index < -0.39 is 11.7 Å². The van der Waals surface area contributed by atoms with Gasteiger partial charge in [-0.2, -0.15) is 13.2 Å². The fourth-order valence-electron chi connectivity index (χ4n) is 2.48. The van der Waals surface area contributed by atoms with Crippen molar-refractivity contribution in [3.05, 3.63) is 29.8 Å². The van der Waals surface area contributed by atoms with Crippen LogP contribution in [0.1, 0.15) is 31.2 Å². The first-order chi connectivity index (χ1) is 8.45. The number of anilines is 1. The second-order valence-electron chi connectivity index (χ2n) is 4.89. The number of nitrogens with one attached hydrogen (secondary N) is 1. The van der Waals surface area contributed by atoms with Gasteiger partial charge in [0, 0.05) is 17.8 Å². The summed E-state index contributed by atoms with van der Waals surface area (Å²) in [7, 11) is 0. The van der Waals surface area contributed by atoms with Crippen molar-refractivity contribution in [1.82, 2.24) is 0 Å². The Morgan fingerprint density at radius 2 is 1.67 bits per heavy atom. The van der Waals surface area contributed by atoms with Crippen LogP contribution in [0, 0.1) is 0 Å². The van der Waals surface area contributed by atoms with Crippen LogP contribution in [0.15, 0.2) is 24.3 Å². The summed E-state index contributed by atoms with van der Waals surface area (Å²) in [5, 5.41) is 3.29. The highest BCUT2D eigenvalue weighted by Crippen LogP contribution is 2.34. The zero-order valence-electron chi connectivity index (χ0n) is 10.1. The number of hydrogen-bond donors (Lipinski definition) is 2. The van der Waals surface area contributed by atoms with Gasteiger partial charge >= 0.3 is 6.18 Å². The highest BCUT2D eigenvalue weighted by atomic mass is 19.4. The average molecular weight is 258 g/mol. The minimum atomic E-state index is -4.28. The lowest BCUT2D eigenvalue weighted by atomic mass is 9.97. The minimum absolute atomic E-state index is 0.139. The van der Waals surface area contributed by atoms with E-state index in [1.807, 2.05) is 0 Å². The molecular weight excluding hydrogens is 241 g/mol. The van der Waals surface area contributed by atoms with E-state index in [-0.39, 0.29) is 5.54 Å². The Morgan fingerprint density at radius 3 is 2.11 bits per heavy atom. The van der Waals surface area contributed by atoms with Gasteiger partial charge in [0.2, 0.25) is 0 Å². The second kappa shape index (κ2) is 4.80. The fourth-order valence-corrected chi connectivity index (χ4v) is 2.48. The van der Waals surface area contributed by atoms with Gasteiger partial charge in [0.1, 0.15) is 0 Å². The molecule has 3 N–H and O–H groups in total. The van der Waals surface area contributed by atoms with Crippen molar-refractivity contribution in [3.8, 4) is 0 Å². The summed E-state index contributed by atoms with van der Waals surface area (Å²) < 4.78 is 37.3. The van der Waals surface area contributed by atoms with Gasteiger partial charge in [-0.3, -0.25) is 0 Å². The molecule has 1 saturated carbocycles. The maximum absolute atomic E-state index is 12.4. The summed E-state index contributed by atoms with van der Waals surface area (Å²) in [6, 6.07) is 5.14. The van der Waals surface area contributed by atoms with Crippen LogP contribution in [0.3, 0.4) is 0 Å². The van der Waals surface area contributed by atoms with Gasteiger partial charge in [0.15, 0.2) is 0 Å². The van der Waals surface area contributed by atoms with Crippen molar-refractivity contribution in [2.45, 2.75) is 37.4 Å². The highest BCUT2D eigenvalue weighted by Gasteiger charge is 2.33. The zero-order chi connectivity index (χ0) is 13.2. The van der Waals surface area contributed by atoms with Crippen LogP contribution in [-0.2, 0) is 6.18 Å². The topological polar surface area (TPSA) is 38.0 Å². The number of alkyl halides is 3. The SMILES string of the molecule is NCC1(Nc2ccc(C(F)(F)F)cc2)CCCC1. The van der Waals surface area contributed by atoms with Gasteiger partial charge < -0.3 is 11.1 Å². The van der Waals surface area contributed by atoms with E-state index in [1.165, 1.54) is 12.1 Å². The number of rotatable bonds is 3. The number of halogens is 3. The molecule has 1 aliphatic carbocycles. The van der Waals surface area contributed by atoms with Crippen LogP contribution < -0.4 is 11.1 Å². The van der Waals surface area contributed by atoms with E-state index >= 15 is 0 Å². The Hall–Kier alpha value is -1.23. The molecule has 5 heteroatoms. The molecule has 0 saturated heterocycles. The molecule has 0 aromatic heterocycles. The monoisotopic (exact) mass is 258 g/mol. The van der Waals surface area contributed by atoms with Crippen molar-refractivity contribution in [2.24, 2.45) is 5.73 Å². The number of hydrogen-bond acceptors (Lipinski definition) is 2. The molecule has 1 fully saturated rings. The smallest absolute Gasteiger partial charge is 0.378 e. The summed E-state index contributed by atoms with van der Waals surface area (Å²) >= 11 is 0. The molecule has 1 aromatic rings. The summed E-state index contributed by atoms with van der Waals surface area (Å²) in [6.07, 6.45) is -0.0951. The van der Waals surface area contributed by atoms with E-state index in [4.69, 9.17) is 5.73 Å². The van der Waals surface area contributed by atoms with Gasteiger partial charge in [-0.1, -0.05) is 12.8 Å². The third-order valence-electron chi connectivity index (χ3n) is 3.57. The maximum atomic E-state index is 12.4. The fraction of sp³-hybridized carbons (Fsp3) is 0.538. The quantitative estimate of drug-likeness (QED) is 0.872. The molecule has 0 radical (unpaired) electrons. The van der Waals surface area contributed by atoms with Crippen LogP contribution in [0.25, 0.3) is 0 Å². The molecule has 18 heavy (non-hydrogen) atoms. The molecule has 2 nitrogen and oxygen atoms in total. The second-order valence-corrected chi connectivity index (χ2v) is 4.89. The Labute approximate surface area is 104 Å². The largest absolute Gasteiger partial charge is 0.416 e. The predicted octanol–water partition coefficient (Wildman–Crippen LogP) is 3.39. The van der Waals surface area contributed by atoms with Crippen LogP contribution in [0.5, 0.6) is 0 Å². The van der Waals surface area contributed by atoms with Gasteiger partial charge in [-0.15, -0.1) is 0 Å². The molecule has 0 unspecified atom stereocenters. The molecule has 0 atom stereocenters. The van der Waals surface area contributed by atoms with Gasteiger partial charge in [0.05, 0.1) is 5.56 Å². The van der Waals surface area contributed by atoms with Crippen molar-refractivity contribution in [1.29, 1.82) is 0 Å². The number of nitrogens with two attached hydrogens (primary N) is 1. The number of benzene rings is 1. The molecule has 1 aromatic carbocycles.